The molecule has 22 heavy (non-hydrogen) atoms. The molecule has 0 saturated heterocycles. The Morgan fingerprint density at radius 3 is 2.50 bits per heavy atom. The van der Waals surface area contributed by atoms with Gasteiger partial charge < -0.3 is 5.32 Å². The van der Waals surface area contributed by atoms with Crippen molar-refractivity contribution in [3.05, 3.63) is 47.3 Å². The average Bonchev–Trinajstić information content (AvgIpc) is 2.90. The van der Waals surface area contributed by atoms with Crippen molar-refractivity contribution in [2.45, 2.75) is 12.3 Å². The lowest BCUT2D eigenvalue weighted by Crippen LogP contribution is -2.25. The monoisotopic (exact) mass is 323 g/mol. The van der Waals surface area contributed by atoms with Gasteiger partial charge in [-0.25, -0.2) is 13.1 Å². The summed E-state index contributed by atoms with van der Waals surface area (Å²) in [4.78, 5) is 11.4. The van der Waals surface area contributed by atoms with E-state index in [9.17, 15) is 13.2 Å². The Kier molecular flexibility index (Phi) is 4.88. The highest BCUT2D eigenvalue weighted by Crippen LogP contribution is 2.08. The van der Waals surface area contributed by atoms with Crippen LogP contribution in [0.15, 0.2) is 30.5 Å². The first kappa shape index (κ1) is 16.1. The van der Waals surface area contributed by atoms with Crippen molar-refractivity contribution in [1.82, 2.24) is 25.0 Å². The number of nitrogens with one attached hydrogen (secondary N) is 2. The van der Waals surface area contributed by atoms with Gasteiger partial charge in [0.2, 0.25) is 10.0 Å². The summed E-state index contributed by atoms with van der Waals surface area (Å²) in [5, 5.41) is 9.92. The number of rotatable bonds is 6. The zero-order valence-corrected chi connectivity index (χ0v) is 13.1. The zero-order chi connectivity index (χ0) is 16.2. The molecular weight excluding hydrogens is 306 g/mol. The van der Waals surface area contributed by atoms with E-state index in [0.717, 1.165) is 0 Å². The number of sulfonamides is 1. The standard InChI is InChI=1S/C13H17N5O3S/c1-14-13(19)11-5-3-10(4-6-11)9-22(20,21)16-8-12-7-15-17-18(12)2/h3-7,16H,8-9H2,1-2H3,(H,14,19). The predicted octanol–water partition coefficient (Wildman–Crippen LogP) is -0.206. The van der Waals surface area contributed by atoms with Crippen molar-refractivity contribution in [2.75, 3.05) is 7.05 Å². The molecule has 0 fully saturated rings. The summed E-state index contributed by atoms with van der Waals surface area (Å²) in [6.07, 6.45) is 1.50. The first-order valence-electron chi connectivity index (χ1n) is 6.53. The minimum Gasteiger partial charge on any atom is -0.355 e. The summed E-state index contributed by atoms with van der Waals surface area (Å²) < 4.78 is 28.1. The SMILES string of the molecule is CNC(=O)c1ccc(CS(=O)(=O)NCc2cnnn2C)cc1. The lowest BCUT2D eigenvalue weighted by molar-refractivity contribution is 0.0963. The molecule has 2 N–H and O–H groups in total. The van der Waals surface area contributed by atoms with Crippen molar-refractivity contribution in [2.24, 2.45) is 7.05 Å². The molecule has 8 nitrogen and oxygen atoms in total. The Labute approximate surface area is 128 Å². The Balaban J connectivity index is 1.99. The molecule has 0 saturated carbocycles. The number of hydrogen-bond acceptors (Lipinski definition) is 5. The van der Waals surface area contributed by atoms with Crippen LogP contribution in [0, 0.1) is 0 Å². The van der Waals surface area contributed by atoms with Gasteiger partial charge in [-0.1, -0.05) is 17.3 Å². The fourth-order valence-electron chi connectivity index (χ4n) is 1.82. The van der Waals surface area contributed by atoms with Crippen LogP contribution in [-0.2, 0) is 29.4 Å². The van der Waals surface area contributed by atoms with Crippen LogP contribution < -0.4 is 10.0 Å². The second kappa shape index (κ2) is 6.67. The maximum absolute atomic E-state index is 12.0. The molecule has 9 heteroatoms. The molecule has 0 unspecified atom stereocenters. The van der Waals surface area contributed by atoms with E-state index in [1.807, 2.05) is 0 Å². The van der Waals surface area contributed by atoms with Gasteiger partial charge in [-0.05, 0) is 17.7 Å². The molecule has 0 radical (unpaired) electrons. The van der Waals surface area contributed by atoms with Crippen LogP contribution in [0.4, 0.5) is 0 Å². The molecule has 118 valence electrons. The average molecular weight is 323 g/mol. The van der Waals surface area contributed by atoms with E-state index in [1.54, 1.807) is 31.3 Å². The Hall–Kier alpha value is -2.26. The van der Waals surface area contributed by atoms with E-state index >= 15 is 0 Å². The van der Waals surface area contributed by atoms with Crippen LogP contribution in [-0.4, -0.2) is 36.4 Å². The third-order valence-electron chi connectivity index (χ3n) is 3.08. The van der Waals surface area contributed by atoms with E-state index in [-0.39, 0.29) is 18.2 Å². The first-order valence-corrected chi connectivity index (χ1v) is 8.18. The van der Waals surface area contributed by atoms with Crippen molar-refractivity contribution >= 4 is 15.9 Å². The highest BCUT2D eigenvalue weighted by Gasteiger charge is 2.13. The van der Waals surface area contributed by atoms with Gasteiger partial charge in [0.15, 0.2) is 0 Å². The summed E-state index contributed by atoms with van der Waals surface area (Å²) >= 11 is 0. The minimum absolute atomic E-state index is 0.127. The molecule has 0 atom stereocenters. The largest absolute Gasteiger partial charge is 0.355 e. The summed E-state index contributed by atoms with van der Waals surface area (Å²) in [5.74, 6) is -0.372. The fraction of sp³-hybridized carbons (Fsp3) is 0.308. The maximum Gasteiger partial charge on any atom is 0.251 e. The highest BCUT2D eigenvalue weighted by molar-refractivity contribution is 7.88. The number of carbonyl (C=O) groups excluding carboxylic acids is 1. The topological polar surface area (TPSA) is 106 Å². The second-order valence-corrected chi connectivity index (χ2v) is 6.51. The zero-order valence-electron chi connectivity index (χ0n) is 12.3. The van der Waals surface area contributed by atoms with E-state index in [4.69, 9.17) is 0 Å². The molecule has 2 rings (SSSR count). The molecule has 1 heterocycles. The van der Waals surface area contributed by atoms with E-state index in [2.05, 4.69) is 20.4 Å². The maximum atomic E-state index is 12.0. The van der Waals surface area contributed by atoms with Crippen LogP contribution in [0.25, 0.3) is 0 Å². The predicted molar refractivity (Wildman–Crippen MR) is 80.3 cm³/mol. The number of aryl methyl sites for hydroxylation is 1. The summed E-state index contributed by atoms with van der Waals surface area (Å²) in [5.41, 5.74) is 1.75. The third-order valence-corrected chi connectivity index (χ3v) is 4.38. The summed E-state index contributed by atoms with van der Waals surface area (Å²) in [6.45, 7) is 0.127. The molecule has 1 amide bonds. The van der Waals surface area contributed by atoms with Crippen LogP contribution in [0.2, 0.25) is 0 Å². The van der Waals surface area contributed by atoms with Gasteiger partial charge in [0, 0.05) is 19.7 Å². The number of amides is 1. The van der Waals surface area contributed by atoms with Crippen molar-refractivity contribution in [3.8, 4) is 0 Å². The first-order chi connectivity index (χ1) is 10.4. The van der Waals surface area contributed by atoms with Crippen molar-refractivity contribution < 1.29 is 13.2 Å². The molecule has 0 aliphatic carbocycles. The van der Waals surface area contributed by atoms with Crippen molar-refractivity contribution in [1.29, 1.82) is 0 Å². The van der Waals surface area contributed by atoms with Crippen LogP contribution in [0.5, 0.6) is 0 Å². The van der Waals surface area contributed by atoms with Gasteiger partial charge in [0.25, 0.3) is 5.91 Å². The van der Waals surface area contributed by atoms with Gasteiger partial charge >= 0.3 is 0 Å². The van der Waals surface area contributed by atoms with Gasteiger partial charge in [-0.3, -0.25) is 9.48 Å². The van der Waals surface area contributed by atoms with Crippen molar-refractivity contribution in [3.63, 3.8) is 0 Å². The van der Waals surface area contributed by atoms with Gasteiger partial charge in [-0.2, -0.15) is 0 Å². The van der Waals surface area contributed by atoms with Crippen LogP contribution >= 0.6 is 0 Å². The van der Waals surface area contributed by atoms with Gasteiger partial charge in [0.1, 0.15) is 0 Å². The second-order valence-electron chi connectivity index (χ2n) is 4.71. The van der Waals surface area contributed by atoms with E-state index in [0.29, 0.717) is 16.8 Å². The van der Waals surface area contributed by atoms with Gasteiger partial charge in [-0.15, -0.1) is 5.10 Å². The smallest absolute Gasteiger partial charge is 0.251 e. The molecular formula is C13H17N5O3S. The molecule has 1 aromatic carbocycles. The quantitative estimate of drug-likeness (QED) is 0.765. The Bertz CT molecular complexity index is 752. The number of carbonyl (C=O) groups is 1. The molecule has 2 aromatic rings. The number of benzene rings is 1. The number of hydrogen-bond donors (Lipinski definition) is 2. The van der Waals surface area contributed by atoms with E-state index in [1.165, 1.54) is 17.9 Å². The fourth-order valence-corrected chi connectivity index (χ4v) is 2.92. The number of nitrogens with zero attached hydrogens (tertiary/aromatic N) is 3. The van der Waals surface area contributed by atoms with E-state index < -0.39 is 10.0 Å². The number of aromatic nitrogens is 3. The third kappa shape index (κ3) is 4.12. The molecule has 0 aliphatic rings. The summed E-state index contributed by atoms with van der Waals surface area (Å²) in [6, 6.07) is 6.42. The molecule has 0 aliphatic heterocycles. The van der Waals surface area contributed by atoms with Gasteiger partial charge in [0.05, 0.1) is 24.2 Å². The lowest BCUT2D eigenvalue weighted by atomic mass is 10.1. The normalized spacial score (nSPS) is 11.4. The van der Waals surface area contributed by atoms with Crippen LogP contribution in [0.3, 0.4) is 0 Å². The molecule has 1 aromatic heterocycles. The molecule has 0 bridgehead atoms. The molecule has 0 spiro atoms. The van der Waals surface area contributed by atoms with Crippen LogP contribution in [0.1, 0.15) is 21.6 Å². The highest BCUT2D eigenvalue weighted by atomic mass is 32.2. The Morgan fingerprint density at radius 1 is 1.27 bits per heavy atom. The minimum atomic E-state index is -3.49. The lowest BCUT2D eigenvalue weighted by Gasteiger charge is -2.07. The summed E-state index contributed by atoms with van der Waals surface area (Å²) in [7, 11) is -0.257. The Morgan fingerprint density at radius 2 is 1.95 bits per heavy atom.